The average molecular weight is 208 g/mol. The summed E-state index contributed by atoms with van der Waals surface area (Å²) in [6.07, 6.45) is 6.76. The van der Waals surface area contributed by atoms with Gasteiger partial charge in [0.05, 0.1) is 12.0 Å². The lowest BCUT2D eigenvalue weighted by molar-refractivity contribution is 0.261. The molecular formula is C13H24N2. The van der Waals surface area contributed by atoms with Crippen LogP contribution in [0, 0.1) is 23.2 Å². The Morgan fingerprint density at radius 1 is 1.40 bits per heavy atom. The highest BCUT2D eigenvalue weighted by Crippen LogP contribution is 2.22. The van der Waals surface area contributed by atoms with Crippen molar-refractivity contribution in [2.75, 3.05) is 19.6 Å². The van der Waals surface area contributed by atoms with E-state index in [4.69, 9.17) is 5.26 Å². The van der Waals surface area contributed by atoms with Crippen LogP contribution in [0.4, 0.5) is 0 Å². The molecule has 15 heavy (non-hydrogen) atoms. The highest BCUT2D eigenvalue weighted by Gasteiger charge is 2.17. The van der Waals surface area contributed by atoms with Gasteiger partial charge in [-0.15, -0.1) is 0 Å². The summed E-state index contributed by atoms with van der Waals surface area (Å²) < 4.78 is 0. The van der Waals surface area contributed by atoms with Crippen LogP contribution in [0.1, 0.15) is 46.0 Å². The number of nitrogens with zero attached hydrogens (tertiary/aromatic N) is 2. The summed E-state index contributed by atoms with van der Waals surface area (Å²) in [7, 11) is 0. The van der Waals surface area contributed by atoms with Gasteiger partial charge >= 0.3 is 0 Å². The van der Waals surface area contributed by atoms with Crippen molar-refractivity contribution in [3.8, 4) is 6.07 Å². The highest BCUT2D eigenvalue weighted by atomic mass is 15.1. The van der Waals surface area contributed by atoms with Gasteiger partial charge in [-0.1, -0.05) is 19.8 Å². The van der Waals surface area contributed by atoms with Crippen LogP contribution in [0.5, 0.6) is 0 Å². The molecule has 2 nitrogen and oxygen atoms in total. The summed E-state index contributed by atoms with van der Waals surface area (Å²) in [4.78, 5) is 2.48. The Morgan fingerprint density at radius 3 is 2.87 bits per heavy atom. The minimum absolute atomic E-state index is 0.188. The highest BCUT2D eigenvalue weighted by molar-refractivity contribution is 4.82. The van der Waals surface area contributed by atoms with Gasteiger partial charge in [-0.05, 0) is 45.2 Å². The normalized spacial score (nSPS) is 25.5. The quantitative estimate of drug-likeness (QED) is 0.710. The van der Waals surface area contributed by atoms with Crippen molar-refractivity contribution in [3.05, 3.63) is 0 Å². The zero-order chi connectivity index (χ0) is 11.1. The predicted molar refractivity (Wildman–Crippen MR) is 63.5 cm³/mol. The zero-order valence-electron chi connectivity index (χ0n) is 10.2. The number of hydrogen-bond donors (Lipinski definition) is 0. The van der Waals surface area contributed by atoms with E-state index < -0.39 is 0 Å². The molecule has 0 radical (unpaired) electrons. The van der Waals surface area contributed by atoms with Crippen LogP contribution < -0.4 is 0 Å². The summed E-state index contributed by atoms with van der Waals surface area (Å²) in [5.74, 6) is 1.13. The van der Waals surface area contributed by atoms with Crippen molar-refractivity contribution in [3.63, 3.8) is 0 Å². The van der Waals surface area contributed by atoms with Gasteiger partial charge in [-0.3, -0.25) is 0 Å². The van der Waals surface area contributed by atoms with Gasteiger partial charge in [0, 0.05) is 6.54 Å². The van der Waals surface area contributed by atoms with Gasteiger partial charge in [-0.2, -0.15) is 5.26 Å². The molecule has 0 aromatic heterocycles. The van der Waals surface area contributed by atoms with Gasteiger partial charge in [0.15, 0.2) is 0 Å². The second-order valence-corrected chi connectivity index (χ2v) is 4.92. The molecule has 86 valence electrons. The Kier molecular flexibility index (Phi) is 5.71. The van der Waals surface area contributed by atoms with Crippen LogP contribution in [0.2, 0.25) is 0 Å². The molecule has 0 aliphatic carbocycles. The summed E-state index contributed by atoms with van der Waals surface area (Å²) in [5, 5.41) is 8.80. The molecule has 0 aromatic rings. The van der Waals surface area contributed by atoms with Crippen LogP contribution in [-0.4, -0.2) is 24.5 Å². The minimum atomic E-state index is 0.188. The largest absolute Gasteiger partial charge is 0.302 e. The molecule has 0 aromatic carbocycles. The molecule has 1 heterocycles. The van der Waals surface area contributed by atoms with E-state index in [2.05, 4.69) is 17.9 Å². The molecule has 1 fully saturated rings. The number of nitriles is 1. The van der Waals surface area contributed by atoms with Crippen molar-refractivity contribution in [2.45, 2.75) is 46.0 Å². The molecule has 1 aliphatic rings. The van der Waals surface area contributed by atoms with Gasteiger partial charge in [0.25, 0.3) is 0 Å². The maximum Gasteiger partial charge on any atom is 0.0666 e. The fraction of sp³-hybridized carbons (Fsp3) is 0.923. The second-order valence-electron chi connectivity index (χ2n) is 4.92. The summed E-state index contributed by atoms with van der Waals surface area (Å²) in [6, 6.07) is 2.33. The molecular weight excluding hydrogens is 184 g/mol. The molecule has 1 aliphatic heterocycles. The molecule has 0 N–H and O–H groups in total. The van der Waals surface area contributed by atoms with E-state index in [1.165, 1.54) is 45.2 Å². The first kappa shape index (κ1) is 12.5. The fourth-order valence-electron chi connectivity index (χ4n) is 2.53. The molecule has 1 rings (SSSR count). The lowest BCUT2D eigenvalue weighted by Crippen LogP contribution is -2.29. The van der Waals surface area contributed by atoms with E-state index in [9.17, 15) is 0 Å². The zero-order valence-corrected chi connectivity index (χ0v) is 10.2. The monoisotopic (exact) mass is 208 g/mol. The Hall–Kier alpha value is -0.550. The predicted octanol–water partition coefficient (Wildman–Crippen LogP) is 3.05. The van der Waals surface area contributed by atoms with Gasteiger partial charge < -0.3 is 4.90 Å². The van der Waals surface area contributed by atoms with Gasteiger partial charge in [0.2, 0.25) is 0 Å². The lowest BCUT2D eigenvalue weighted by Gasteiger charge is -2.21. The maximum atomic E-state index is 8.80. The van der Waals surface area contributed by atoms with E-state index in [1.54, 1.807) is 0 Å². The maximum absolute atomic E-state index is 8.80. The topological polar surface area (TPSA) is 27.0 Å². The molecule has 2 atom stereocenters. The molecule has 1 saturated heterocycles. The SMILES string of the molecule is CCCC1CCCN(CC(C)C#N)CC1. The molecule has 0 saturated carbocycles. The Bertz CT molecular complexity index is 207. The van der Waals surface area contributed by atoms with Crippen LogP contribution >= 0.6 is 0 Å². The summed E-state index contributed by atoms with van der Waals surface area (Å²) in [6.45, 7) is 7.67. The van der Waals surface area contributed by atoms with Crippen molar-refractivity contribution in [1.29, 1.82) is 5.26 Å². The number of rotatable bonds is 4. The first-order chi connectivity index (χ1) is 7.26. The molecule has 0 bridgehead atoms. The third kappa shape index (κ3) is 4.66. The Balaban J connectivity index is 2.29. The molecule has 2 unspecified atom stereocenters. The third-order valence-electron chi connectivity index (χ3n) is 3.39. The van der Waals surface area contributed by atoms with Crippen LogP contribution in [0.15, 0.2) is 0 Å². The average Bonchev–Trinajstić information content (AvgIpc) is 2.45. The van der Waals surface area contributed by atoms with E-state index >= 15 is 0 Å². The number of likely N-dealkylation sites (tertiary alicyclic amines) is 1. The van der Waals surface area contributed by atoms with E-state index in [-0.39, 0.29) is 5.92 Å². The van der Waals surface area contributed by atoms with Crippen molar-refractivity contribution < 1.29 is 0 Å². The first-order valence-electron chi connectivity index (χ1n) is 6.38. The van der Waals surface area contributed by atoms with Crippen LogP contribution in [-0.2, 0) is 0 Å². The number of hydrogen-bond acceptors (Lipinski definition) is 2. The smallest absolute Gasteiger partial charge is 0.0666 e. The Morgan fingerprint density at radius 2 is 2.20 bits per heavy atom. The van der Waals surface area contributed by atoms with Gasteiger partial charge in [-0.25, -0.2) is 0 Å². The molecule has 0 amide bonds. The minimum Gasteiger partial charge on any atom is -0.302 e. The third-order valence-corrected chi connectivity index (χ3v) is 3.39. The second kappa shape index (κ2) is 6.85. The standard InChI is InChI=1S/C13H24N2/c1-3-5-13-6-4-8-15(9-7-13)11-12(2)10-14/h12-13H,3-9,11H2,1-2H3. The van der Waals surface area contributed by atoms with E-state index in [0.717, 1.165) is 12.5 Å². The van der Waals surface area contributed by atoms with Crippen LogP contribution in [0.25, 0.3) is 0 Å². The summed E-state index contributed by atoms with van der Waals surface area (Å²) in [5.41, 5.74) is 0. The van der Waals surface area contributed by atoms with Gasteiger partial charge in [0.1, 0.15) is 0 Å². The fourth-order valence-corrected chi connectivity index (χ4v) is 2.53. The first-order valence-corrected chi connectivity index (χ1v) is 6.38. The van der Waals surface area contributed by atoms with Crippen LogP contribution in [0.3, 0.4) is 0 Å². The van der Waals surface area contributed by atoms with Crippen molar-refractivity contribution in [1.82, 2.24) is 4.90 Å². The lowest BCUT2D eigenvalue weighted by atomic mass is 9.96. The van der Waals surface area contributed by atoms with Crippen molar-refractivity contribution in [2.24, 2.45) is 11.8 Å². The van der Waals surface area contributed by atoms with E-state index in [0.29, 0.717) is 0 Å². The summed E-state index contributed by atoms with van der Waals surface area (Å²) >= 11 is 0. The molecule has 2 heteroatoms. The Labute approximate surface area is 94.3 Å². The van der Waals surface area contributed by atoms with Crippen molar-refractivity contribution >= 4 is 0 Å². The van der Waals surface area contributed by atoms with E-state index in [1.807, 2.05) is 6.92 Å². The molecule has 0 spiro atoms.